The molecule has 0 spiro atoms. The first kappa shape index (κ1) is 16.5. The number of epoxide rings is 1. The molecule has 3 rings (SSSR count). The van der Waals surface area contributed by atoms with Gasteiger partial charge in [-0.05, 0) is 48.2 Å². The zero-order valence-electron chi connectivity index (χ0n) is 29.6. The smallest absolute Gasteiger partial charge is 0.119 e. The zero-order valence-corrected chi connectivity index (χ0v) is 19.6. The van der Waals surface area contributed by atoms with Crippen LogP contribution in [0.25, 0.3) is 0 Å². The topological polar surface area (TPSA) is 81.7 Å². The summed E-state index contributed by atoms with van der Waals surface area (Å²) >= 11 is 0. The number of rotatable bonds is 15. The fourth-order valence-corrected chi connectivity index (χ4v) is 2.62. The van der Waals surface area contributed by atoms with Crippen LogP contribution in [0, 0.1) is 0 Å². The number of aliphatic hydroxyl groups is 1. The minimum atomic E-state index is -2.79. The normalized spacial score (nSPS) is 21.4. The Morgan fingerprint density at radius 1 is 0.971 bits per heavy atom. The Labute approximate surface area is 218 Å². The van der Waals surface area contributed by atoms with E-state index in [-0.39, 0.29) is 31.6 Å². The lowest BCUT2D eigenvalue weighted by Gasteiger charge is -2.15. The first-order chi connectivity index (χ1) is 20.2. The quantitative estimate of drug-likeness (QED) is 0.375. The molecule has 0 amide bonds. The first-order valence-corrected chi connectivity index (χ1v) is 11.1. The Kier molecular flexibility index (Phi) is 7.99. The van der Waals surface area contributed by atoms with Crippen molar-refractivity contribution >= 4 is 0 Å². The van der Waals surface area contributed by atoms with Crippen molar-refractivity contribution in [2.24, 2.45) is 0 Å². The van der Waals surface area contributed by atoms with Crippen LogP contribution in [-0.4, -0.2) is 76.9 Å². The summed E-state index contributed by atoms with van der Waals surface area (Å²) in [6, 6.07) is 13.6. The van der Waals surface area contributed by atoms with Crippen LogP contribution in [-0.2, 0) is 27.1 Å². The van der Waals surface area contributed by atoms with Gasteiger partial charge < -0.3 is 34.1 Å². The van der Waals surface area contributed by atoms with Gasteiger partial charge in [0.2, 0.25) is 0 Å². The highest BCUT2D eigenvalue weighted by molar-refractivity contribution is 5.28. The zero-order chi connectivity index (χ0) is 33.2. The molecule has 0 radical (unpaired) electrons. The van der Waals surface area contributed by atoms with E-state index in [9.17, 15) is 5.11 Å². The Hall–Kier alpha value is -2.16. The van der Waals surface area contributed by atoms with E-state index < -0.39 is 33.3 Å². The summed E-state index contributed by atoms with van der Waals surface area (Å²) in [6.07, 6.45) is -0.783. The van der Waals surface area contributed by atoms with Gasteiger partial charge in [-0.25, -0.2) is 0 Å². The Balaban J connectivity index is 0.000000311. The predicted molar refractivity (Wildman–Crippen MR) is 134 cm³/mol. The maximum Gasteiger partial charge on any atom is 0.119 e. The molecule has 190 valence electrons. The molecule has 1 aliphatic heterocycles. The van der Waals surface area contributed by atoms with Crippen LogP contribution in [0.4, 0.5) is 0 Å². The highest BCUT2D eigenvalue weighted by Crippen LogP contribution is 2.16. The van der Waals surface area contributed by atoms with Crippen LogP contribution >= 0.6 is 0 Å². The lowest BCUT2D eigenvalue weighted by Crippen LogP contribution is -2.35. The number of nitrogens with one attached hydrogen (secondary N) is 1. The molecule has 1 fully saturated rings. The molecule has 34 heavy (non-hydrogen) atoms. The third-order valence-corrected chi connectivity index (χ3v) is 4.59. The van der Waals surface area contributed by atoms with Crippen molar-refractivity contribution in [3.05, 3.63) is 59.7 Å². The van der Waals surface area contributed by atoms with Crippen molar-refractivity contribution in [2.75, 3.05) is 53.6 Å². The fourth-order valence-electron chi connectivity index (χ4n) is 2.62. The second-order valence-corrected chi connectivity index (χ2v) is 7.93. The Morgan fingerprint density at radius 2 is 1.50 bits per heavy atom. The van der Waals surface area contributed by atoms with Crippen LogP contribution < -0.4 is 14.8 Å². The predicted octanol–water partition coefficient (Wildman–Crippen LogP) is 3.27. The Morgan fingerprint density at radius 3 is 1.97 bits per heavy atom. The molecule has 0 bridgehead atoms. The van der Waals surface area contributed by atoms with Gasteiger partial charge in [0.15, 0.2) is 0 Å². The molecule has 7 heteroatoms. The minimum Gasteiger partial charge on any atom is -0.491 e. The number of aryl methyl sites for hydroxylation is 2. The summed E-state index contributed by atoms with van der Waals surface area (Å²) in [6.45, 7) is 1.25. The van der Waals surface area contributed by atoms with Crippen LogP contribution in [0.1, 0.15) is 38.7 Å². The highest BCUT2D eigenvalue weighted by Gasteiger charge is 2.22. The van der Waals surface area contributed by atoms with Gasteiger partial charge in [0.1, 0.15) is 36.9 Å². The van der Waals surface area contributed by atoms with Gasteiger partial charge in [-0.15, -0.1) is 0 Å². The molecule has 0 aliphatic carbocycles. The van der Waals surface area contributed by atoms with E-state index >= 15 is 0 Å². The van der Waals surface area contributed by atoms with Gasteiger partial charge in [-0.1, -0.05) is 38.1 Å². The lowest BCUT2D eigenvalue weighted by atomic mass is 10.1. The molecule has 2 unspecified atom stereocenters. The summed E-state index contributed by atoms with van der Waals surface area (Å²) in [7, 11) is -5.54. The third kappa shape index (κ3) is 12.9. The van der Waals surface area contributed by atoms with Gasteiger partial charge in [-0.3, -0.25) is 0 Å². The summed E-state index contributed by atoms with van der Waals surface area (Å²) in [5, 5.41) is 12.9. The summed E-state index contributed by atoms with van der Waals surface area (Å²) < 4.78 is 96.8. The summed E-state index contributed by atoms with van der Waals surface area (Å²) in [5.74, 6) is 1.21. The van der Waals surface area contributed by atoms with Crippen molar-refractivity contribution in [1.82, 2.24) is 5.32 Å². The third-order valence-electron chi connectivity index (χ3n) is 4.59. The maximum absolute atomic E-state index is 9.77. The molecule has 1 heterocycles. The average molecular weight is 486 g/mol. The van der Waals surface area contributed by atoms with E-state index in [2.05, 4.69) is 14.8 Å². The average Bonchev–Trinajstić information content (AvgIpc) is 3.68. The van der Waals surface area contributed by atoms with Gasteiger partial charge in [-0.2, -0.15) is 0 Å². The van der Waals surface area contributed by atoms with Crippen LogP contribution in [0.5, 0.6) is 11.5 Å². The number of methoxy groups -OCH3 is 2. The molecular formula is C27H41NO6. The van der Waals surface area contributed by atoms with Gasteiger partial charge in [0, 0.05) is 26.7 Å². The number of aliphatic hydroxyl groups excluding tert-OH is 1. The second-order valence-electron chi connectivity index (χ2n) is 7.93. The van der Waals surface area contributed by atoms with Crippen LogP contribution in [0.15, 0.2) is 48.5 Å². The van der Waals surface area contributed by atoms with Crippen molar-refractivity contribution in [1.29, 1.82) is 0 Å². The fraction of sp³-hybridized carbons (Fsp3) is 0.556. The number of ether oxygens (including phenoxy) is 5. The van der Waals surface area contributed by atoms with Gasteiger partial charge in [0.25, 0.3) is 0 Å². The van der Waals surface area contributed by atoms with Crippen molar-refractivity contribution in [3.8, 4) is 11.5 Å². The monoisotopic (exact) mass is 485 g/mol. The van der Waals surface area contributed by atoms with E-state index in [0.29, 0.717) is 35.8 Å². The lowest BCUT2D eigenvalue weighted by molar-refractivity contribution is 0.104. The molecule has 0 aromatic heterocycles. The van der Waals surface area contributed by atoms with E-state index in [1.165, 1.54) is 0 Å². The first-order valence-electron chi connectivity index (χ1n) is 16.1. The summed E-state index contributed by atoms with van der Waals surface area (Å²) in [5.41, 5.74) is 1.22. The molecular weight excluding hydrogens is 434 g/mol. The van der Waals surface area contributed by atoms with Crippen LogP contribution in [0.2, 0.25) is 0 Å². The number of benzene rings is 2. The van der Waals surface area contributed by atoms with Crippen molar-refractivity contribution in [3.63, 3.8) is 0 Å². The molecule has 2 aromatic carbocycles. The molecule has 0 saturated carbocycles. The van der Waals surface area contributed by atoms with Gasteiger partial charge in [0.05, 0.1) is 33.4 Å². The largest absolute Gasteiger partial charge is 0.491 e. The van der Waals surface area contributed by atoms with E-state index in [4.69, 9.17) is 27.9 Å². The standard InChI is InChI=1S/C15H25NO3.C12H16O3/c1-12(2)16-10-14(17)11-19-15-6-4-13(5-7-15)8-9-18-3;1-13-7-6-10-2-4-11(5-3-10)14-8-12-9-15-12/h4-7,12,14,16-17H,8-11H2,1-3H3;2-5,12H,6-9H2,1H3/i3D3,9D2;1D3,7D2. The molecule has 2 N–H and O–H groups in total. The van der Waals surface area contributed by atoms with E-state index in [1.54, 1.807) is 48.5 Å². The van der Waals surface area contributed by atoms with Crippen LogP contribution in [0.3, 0.4) is 0 Å². The molecule has 1 saturated heterocycles. The SMILES string of the molecule is [2H]C([2H])([2H])OC([2H])([2H])Cc1ccc(OCC(O)CNC(C)C)cc1.[2H]C([2H])([2H])OC([2H])([2H])Cc1ccc(OCC2CO2)cc1. The van der Waals surface area contributed by atoms with E-state index in [1.807, 2.05) is 13.8 Å². The van der Waals surface area contributed by atoms with Gasteiger partial charge >= 0.3 is 0 Å². The number of hydrogen-bond acceptors (Lipinski definition) is 7. The molecule has 2 atom stereocenters. The summed E-state index contributed by atoms with van der Waals surface area (Å²) in [4.78, 5) is 0. The highest BCUT2D eigenvalue weighted by atomic mass is 16.6. The van der Waals surface area contributed by atoms with Crippen molar-refractivity contribution < 1.29 is 42.5 Å². The van der Waals surface area contributed by atoms with Crippen molar-refractivity contribution in [2.45, 2.75) is 44.9 Å². The Bertz CT molecular complexity index is 1110. The van der Waals surface area contributed by atoms with E-state index in [0.717, 1.165) is 6.61 Å². The maximum atomic E-state index is 9.77. The second kappa shape index (κ2) is 16.5. The molecule has 1 aliphatic rings. The number of hydrogen-bond donors (Lipinski definition) is 2. The minimum absolute atomic E-state index is 0.141. The molecule has 7 nitrogen and oxygen atoms in total. The molecule has 2 aromatic rings.